The maximum atomic E-state index is 12.3. The van der Waals surface area contributed by atoms with Gasteiger partial charge in [0.2, 0.25) is 0 Å². The van der Waals surface area contributed by atoms with E-state index in [9.17, 15) is 13.2 Å². The number of rotatable bonds is 5. The molecule has 0 aliphatic carbocycles. The Morgan fingerprint density at radius 1 is 1.14 bits per heavy atom. The van der Waals surface area contributed by atoms with E-state index in [0.29, 0.717) is 5.39 Å². The highest BCUT2D eigenvalue weighted by atomic mass is 32.2. The van der Waals surface area contributed by atoms with Gasteiger partial charge in [0.25, 0.3) is 0 Å². The van der Waals surface area contributed by atoms with Crippen molar-refractivity contribution in [2.45, 2.75) is 4.90 Å². The molecule has 0 atom stereocenters. The molecular formula is C15H18N2O4S. The molecule has 0 aromatic heterocycles. The Morgan fingerprint density at radius 3 is 2.41 bits per heavy atom. The number of carbonyl (C=O) groups excluding carboxylic acids is 1. The predicted octanol–water partition coefficient (Wildman–Crippen LogP) is 1.36. The minimum atomic E-state index is -4.16. The first-order valence-corrected chi connectivity index (χ1v) is 8.08. The third kappa shape index (κ3) is 3.20. The Hall–Kier alpha value is -2.12. The molecule has 22 heavy (non-hydrogen) atoms. The molecule has 0 bridgehead atoms. The molecular weight excluding hydrogens is 304 g/mol. The molecule has 2 aromatic carbocycles. The molecule has 6 nitrogen and oxygen atoms in total. The predicted molar refractivity (Wildman–Crippen MR) is 85.5 cm³/mol. The monoisotopic (exact) mass is 322 g/mol. The molecule has 0 aliphatic rings. The summed E-state index contributed by atoms with van der Waals surface area (Å²) in [7, 11) is 1.13. The lowest BCUT2D eigenvalue weighted by molar-refractivity contribution is -0.132. The Labute approximate surface area is 129 Å². The van der Waals surface area contributed by atoms with Gasteiger partial charge in [-0.15, -0.1) is 0 Å². The van der Waals surface area contributed by atoms with Crippen LogP contribution in [0.15, 0.2) is 41.3 Å². The number of benzene rings is 2. The fourth-order valence-corrected chi connectivity index (χ4v) is 3.30. The van der Waals surface area contributed by atoms with Crippen LogP contribution in [0.4, 0.5) is 5.69 Å². The summed E-state index contributed by atoms with van der Waals surface area (Å²) in [5.74, 6) is -0.844. The normalized spacial score (nSPS) is 11.4. The lowest BCUT2D eigenvalue weighted by Gasteiger charge is -2.16. The molecule has 0 aliphatic heterocycles. The third-order valence-electron chi connectivity index (χ3n) is 3.13. The highest BCUT2D eigenvalue weighted by Crippen LogP contribution is 2.30. The van der Waals surface area contributed by atoms with Crippen LogP contribution in [0.1, 0.15) is 0 Å². The minimum Gasteiger partial charge on any atom is -0.377 e. The topological polar surface area (TPSA) is 75.7 Å². The highest BCUT2D eigenvalue weighted by molar-refractivity contribution is 7.87. The van der Waals surface area contributed by atoms with E-state index in [0.717, 1.165) is 11.1 Å². The fourth-order valence-electron chi connectivity index (χ4n) is 2.21. The van der Waals surface area contributed by atoms with Crippen molar-refractivity contribution in [3.8, 4) is 0 Å². The Balaban J connectivity index is 2.57. The summed E-state index contributed by atoms with van der Waals surface area (Å²) in [5.41, 5.74) is 0.885. The maximum absolute atomic E-state index is 12.3. The molecule has 0 saturated heterocycles. The zero-order valence-electron chi connectivity index (χ0n) is 12.7. The average Bonchev–Trinajstić information content (AvgIpc) is 2.45. The van der Waals surface area contributed by atoms with Crippen LogP contribution in [0, 0.1) is 0 Å². The van der Waals surface area contributed by atoms with Crippen LogP contribution in [0.25, 0.3) is 10.8 Å². The first-order valence-electron chi connectivity index (χ1n) is 6.68. The smallest absolute Gasteiger partial charge is 0.342 e. The van der Waals surface area contributed by atoms with Crippen LogP contribution in [0.3, 0.4) is 0 Å². The standard InChI is InChI=1S/C15H18N2O4S/c1-16-10-15(18)21-22(19,20)14-9-5-6-11-12(14)7-4-8-13(11)17(2)3/h4-9,16H,10H2,1-3H3. The SMILES string of the molecule is CNCC(=O)OS(=O)(=O)c1cccc2c(N(C)C)cccc12. The van der Waals surface area contributed by atoms with Gasteiger partial charge >= 0.3 is 16.1 Å². The number of hydrogen-bond donors (Lipinski definition) is 1. The van der Waals surface area contributed by atoms with Gasteiger partial charge in [0.15, 0.2) is 0 Å². The number of anilines is 1. The van der Waals surface area contributed by atoms with Crippen molar-refractivity contribution < 1.29 is 17.4 Å². The van der Waals surface area contributed by atoms with E-state index in [1.165, 1.54) is 13.1 Å². The average molecular weight is 322 g/mol. The lowest BCUT2D eigenvalue weighted by atomic mass is 10.1. The Kier molecular flexibility index (Phi) is 4.68. The van der Waals surface area contributed by atoms with Crippen molar-refractivity contribution in [3.05, 3.63) is 36.4 Å². The van der Waals surface area contributed by atoms with Crippen LogP contribution >= 0.6 is 0 Å². The molecule has 0 fully saturated rings. The van der Waals surface area contributed by atoms with E-state index in [4.69, 9.17) is 0 Å². The van der Waals surface area contributed by atoms with E-state index in [-0.39, 0.29) is 11.4 Å². The van der Waals surface area contributed by atoms with Gasteiger partial charge in [-0.05, 0) is 19.2 Å². The second-order valence-corrected chi connectivity index (χ2v) is 6.48. The molecule has 0 amide bonds. The third-order valence-corrected chi connectivity index (χ3v) is 4.43. The van der Waals surface area contributed by atoms with E-state index < -0.39 is 16.1 Å². The van der Waals surface area contributed by atoms with Gasteiger partial charge in [0, 0.05) is 30.6 Å². The van der Waals surface area contributed by atoms with Gasteiger partial charge in [0.1, 0.15) is 4.90 Å². The quantitative estimate of drug-likeness (QED) is 0.838. The van der Waals surface area contributed by atoms with Crippen LogP contribution in [-0.4, -0.2) is 42.1 Å². The summed E-state index contributed by atoms with van der Waals surface area (Å²) in [5, 5.41) is 3.85. The molecule has 0 saturated carbocycles. The minimum absolute atomic E-state index is 0.0156. The zero-order valence-corrected chi connectivity index (χ0v) is 13.5. The van der Waals surface area contributed by atoms with Gasteiger partial charge in [0.05, 0.1) is 6.54 Å². The largest absolute Gasteiger partial charge is 0.377 e. The summed E-state index contributed by atoms with van der Waals surface area (Å²) < 4.78 is 29.3. The van der Waals surface area contributed by atoms with Crippen molar-refractivity contribution in [3.63, 3.8) is 0 Å². The van der Waals surface area contributed by atoms with Crippen molar-refractivity contribution in [1.82, 2.24) is 5.32 Å². The molecule has 1 N–H and O–H groups in total. The summed E-state index contributed by atoms with van der Waals surface area (Å²) in [4.78, 5) is 13.4. The second kappa shape index (κ2) is 6.33. The molecule has 0 spiro atoms. The molecule has 2 rings (SSSR count). The summed E-state index contributed by atoms with van der Waals surface area (Å²) in [6.45, 7) is -0.174. The number of carbonyl (C=O) groups is 1. The van der Waals surface area contributed by atoms with Gasteiger partial charge in [-0.1, -0.05) is 24.3 Å². The van der Waals surface area contributed by atoms with Crippen molar-refractivity contribution in [2.75, 3.05) is 32.6 Å². The number of hydrogen-bond acceptors (Lipinski definition) is 6. The van der Waals surface area contributed by atoms with Crippen LogP contribution in [-0.2, 0) is 19.1 Å². The van der Waals surface area contributed by atoms with Crippen molar-refractivity contribution in [2.24, 2.45) is 0 Å². The molecule has 2 aromatic rings. The van der Waals surface area contributed by atoms with Crippen LogP contribution < -0.4 is 10.2 Å². The number of fused-ring (bicyclic) bond motifs is 1. The van der Waals surface area contributed by atoms with Gasteiger partial charge in [-0.25, -0.2) is 4.79 Å². The van der Waals surface area contributed by atoms with Gasteiger partial charge in [-0.2, -0.15) is 8.42 Å². The van der Waals surface area contributed by atoms with E-state index in [1.807, 2.05) is 31.1 Å². The molecule has 0 heterocycles. The first-order chi connectivity index (χ1) is 10.4. The number of likely N-dealkylation sites (N-methyl/N-ethyl adjacent to an activating group) is 1. The van der Waals surface area contributed by atoms with E-state index in [1.54, 1.807) is 18.2 Å². The maximum Gasteiger partial charge on any atom is 0.342 e. The molecule has 0 radical (unpaired) electrons. The first kappa shape index (κ1) is 16.3. The van der Waals surface area contributed by atoms with Gasteiger partial charge in [-0.3, -0.25) is 0 Å². The van der Waals surface area contributed by atoms with Gasteiger partial charge < -0.3 is 14.4 Å². The van der Waals surface area contributed by atoms with Crippen LogP contribution in [0.2, 0.25) is 0 Å². The second-order valence-electron chi connectivity index (χ2n) is 4.96. The summed E-state index contributed by atoms with van der Waals surface area (Å²) in [6.07, 6.45) is 0. The van der Waals surface area contributed by atoms with Crippen molar-refractivity contribution >= 4 is 32.5 Å². The van der Waals surface area contributed by atoms with E-state index >= 15 is 0 Å². The van der Waals surface area contributed by atoms with Crippen molar-refractivity contribution in [1.29, 1.82) is 0 Å². The summed E-state index contributed by atoms with van der Waals surface area (Å²) in [6, 6.07) is 10.3. The van der Waals surface area contributed by atoms with Crippen LogP contribution in [0.5, 0.6) is 0 Å². The van der Waals surface area contributed by atoms with E-state index in [2.05, 4.69) is 9.50 Å². The zero-order chi connectivity index (χ0) is 16.3. The highest BCUT2D eigenvalue weighted by Gasteiger charge is 2.22. The Bertz CT molecular complexity index is 800. The number of nitrogens with zero attached hydrogens (tertiary/aromatic N) is 1. The number of nitrogens with one attached hydrogen (secondary N) is 1. The fraction of sp³-hybridized carbons (Fsp3) is 0.267. The summed E-state index contributed by atoms with van der Waals surface area (Å²) >= 11 is 0. The lowest BCUT2D eigenvalue weighted by Crippen LogP contribution is -2.24. The molecule has 0 unspecified atom stereocenters. The molecule has 118 valence electrons. The Morgan fingerprint density at radius 2 is 1.77 bits per heavy atom. The molecule has 7 heteroatoms.